The number of hydrogen-bond acceptors (Lipinski definition) is 1. The molecule has 0 radical (unpaired) electrons. The first-order valence-electron chi connectivity index (χ1n) is 23.3. The first-order valence-corrected chi connectivity index (χ1v) is 23.3. The van der Waals surface area contributed by atoms with Gasteiger partial charge in [0, 0.05) is 27.3 Å². The standard InChI is InChI=1S/C64H45F3N2/c1-5-15-50-54-33-44(25-30-58(54)63(3,4)57(50)6-2)43-24-29-49-47-20-13-14-21-48(47)53-38-62-56(37-52(53)51(49)32-43)55-34-42(39-22-27-45(28-23-39)64(65,66)67)26-31-61(55)69(62)46-35-59(40-16-9-7-10-17-40)68-60(36-46)41-18-11-8-12-19-41/h5-38H,2H2,1,3-4H3/b15-5-. The van der Waals surface area contributed by atoms with E-state index in [9.17, 15) is 13.2 Å². The number of nitrogens with zero attached hydrogens (tertiary/aromatic N) is 2. The van der Waals surface area contributed by atoms with Crippen molar-refractivity contribution in [3.63, 3.8) is 0 Å². The van der Waals surface area contributed by atoms with Crippen LogP contribution in [0, 0.1) is 0 Å². The third-order valence-electron chi connectivity index (χ3n) is 14.3. The fourth-order valence-corrected chi connectivity index (χ4v) is 10.9. The Kier molecular flexibility index (Phi) is 9.72. The summed E-state index contributed by atoms with van der Waals surface area (Å²) in [4.78, 5) is 5.22. The molecule has 0 atom stereocenters. The number of alkyl halides is 3. The zero-order valence-corrected chi connectivity index (χ0v) is 38.4. The van der Waals surface area contributed by atoms with Crippen LogP contribution in [0.1, 0.15) is 37.5 Å². The molecule has 0 bridgehead atoms. The summed E-state index contributed by atoms with van der Waals surface area (Å²) in [6, 6.07) is 63.6. The second-order valence-corrected chi connectivity index (χ2v) is 18.6. The highest BCUT2D eigenvalue weighted by molar-refractivity contribution is 6.29. The number of rotatable bonds is 7. The van der Waals surface area contributed by atoms with Crippen LogP contribution in [-0.2, 0) is 11.6 Å². The van der Waals surface area contributed by atoms with E-state index in [2.05, 4.69) is 165 Å². The molecule has 332 valence electrons. The number of fused-ring (bicyclic) bond motifs is 10. The van der Waals surface area contributed by atoms with Crippen molar-refractivity contribution in [1.29, 1.82) is 0 Å². The van der Waals surface area contributed by atoms with Gasteiger partial charge in [-0.3, -0.25) is 0 Å². The Morgan fingerprint density at radius 2 is 1.01 bits per heavy atom. The summed E-state index contributed by atoms with van der Waals surface area (Å²) in [5.41, 5.74) is 14.5. The van der Waals surface area contributed by atoms with E-state index < -0.39 is 11.7 Å². The van der Waals surface area contributed by atoms with Crippen molar-refractivity contribution in [2.75, 3.05) is 0 Å². The first kappa shape index (κ1) is 42.1. The Hall–Kier alpha value is -8.28. The monoisotopic (exact) mass is 898 g/mol. The molecule has 5 heteroatoms. The molecular weight excluding hydrogens is 854 g/mol. The van der Waals surface area contributed by atoms with E-state index in [1.807, 2.05) is 48.5 Å². The fourth-order valence-electron chi connectivity index (χ4n) is 10.9. The smallest absolute Gasteiger partial charge is 0.309 e. The summed E-state index contributed by atoms with van der Waals surface area (Å²) in [7, 11) is 0. The predicted octanol–water partition coefficient (Wildman–Crippen LogP) is 18.1. The zero-order valence-electron chi connectivity index (χ0n) is 38.4. The highest BCUT2D eigenvalue weighted by Gasteiger charge is 2.35. The lowest BCUT2D eigenvalue weighted by molar-refractivity contribution is -0.137. The average Bonchev–Trinajstić information content (AvgIpc) is 3.81. The summed E-state index contributed by atoms with van der Waals surface area (Å²) < 4.78 is 43.5. The van der Waals surface area contributed by atoms with Gasteiger partial charge in [-0.25, -0.2) is 4.98 Å². The van der Waals surface area contributed by atoms with E-state index in [1.165, 1.54) is 27.7 Å². The molecular formula is C64H45F3N2. The van der Waals surface area contributed by atoms with Gasteiger partial charge in [-0.1, -0.05) is 166 Å². The summed E-state index contributed by atoms with van der Waals surface area (Å²) in [6.07, 6.45) is 1.89. The lowest BCUT2D eigenvalue weighted by Crippen LogP contribution is -2.15. The van der Waals surface area contributed by atoms with Crippen molar-refractivity contribution < 1.29 is 13.2 Å². The minimum Gasteiger partial charge on any atom is -0.309 e. The zero-order chi connectivity index (χ0) is 47.2. The number of pyridine rings is 1. The quantitative estimate of drug-likeness (QED) is 0.146. The second kappa shape index (κ2) is 15.9. The van der Waals surface area contributed by atoms with Gasteiger partial charge in [0.1, 0.15) is 0 Å². The van der Waals surface area contributed by atoms with Crippen LogP contribution in [0.15, 0.2) is 218 Å². The van der Waals surface area contributed by atoms with Crippen molar-refractivity contribution in [3.8, 4) is 50.5 Å². The summed E-state index contributed by atoms with van der Waals surface area (Å²) in [5, 5.41) is 8.89. The van der Waals surface area contributed by atoms with E-state index in [0.717, 1.165) is 106 Å². The third kappa shape index (κ3) is 6.83. The molecule has 0 unspecified atom stereocenters. The van der Waals surface area contributed by atoms with Crippen LogP contribution in [0.4, 0.5) is 13.2 Å². The van der Waals surface area contributed by atoms with Gasteiger partial charge in [0.2, 0.25) is 0 Å². The molecule has 2 aromatic heterocycles. The Labute approximate surface area is 398 Å². The Morgan fingerprint density at radius 1 is 0.493 bits per heavy atom. The number of allylic oxidation sites excluding steroid dienone is 5. The molecule has 0 spiro atoms. The predicted molar refractivity (Wildman–Crippen MR) is 283 cm³/mol. The van der Waals surface area contributed by atoms with Gasteiger partial charge in [0.15, 0.2) is 0 Å². The Morgan fingerprint density at radius 3 is 1.67 bits per heavy atom. The molecule has 1 aliphatic rings. The minimum absolute atomic E-state index is 0.164. The minimum atomic E-state index is -4.43. The maximum absolute atomic E-state index is 13.7. The SMILES string of the molecule is C=CC1=C(/C=C\C)c2cc(-c3ccc4c5ccccc5c5cc6c(cc5c4c3)c3cc(-c4ccc(C(F)(F)F)cc4)ccc3n6-c3cc(-c4ccccc4)nc(-c4ccccc4)c3)ccc2C1(C)C. The van der Waals surface area contributed by atoms with Crippen LogP contribution >= 0.6 is 0 Å². The van der Waals surface area contributed by atoms with Gasteiger partial charge in [-0.2, -0.15) is 13.2 Å². The normalized spacial score (nSPS) is 13.7. The van der Waals surface area contributed by atoms with Crippen molar-refractivity contribution in [2.24, 2.45) is 0 Å². The lowest BCUT2D eigenvalue weighted by Gasteiger charge is -2.22. The molecule has 2 heterocycles. The van der Waals surface area contributed by atoms with Gasteiger partial charge in [-0.15, -0.1) is 0 Å². The average molecular weight is 899 g/mol. The first-order chi connectivity index (χ1) is 33.5. The number of benzene rings is 9. The molecule has 0 saturated heterocycles. The molecule has 0 aliphatic heterocycles. The van der Waals surface area contributed by atoms with Gasteiger partial charge < -0.3 is 4.57 Å². The van der Waals surface area contributed by atoms with Gasteiger partial charge in [0.25, 0.3) is 0 Å². The Balaban J connectivity index is 1.15. The molecule has 12 rings (SSSR count). The fraction of sp³-hybridized carbons (Fsp3) is 0.0781. The topological polar surface area (TPSA) is 17.8 Å². The summed E-state index contributed by atoms with van der Waals surface area (Å²) in [5.74, 6) is 0. The van der Waals surface area contributed by atoms with Crippen LogP contribution in [0.5, 0.6) is 0 Å². The number of halogens is 3. The van der Waals surface area contributed by atoms with Crippen LogP contribution in [0.25, 0.3) is 110 Å². The van der Waals surface area contributed by atoms with E-state index in [-0.39, 0.29) is 5.41 Å². The molecule has 1 aliphatic carbocycles. The molecule has 0 amide bonds. The maximum Gasteiger partial charge on any atom is 0.416 e. The molecule has 9 aromatic carbocycles. The van der Waals surface area contributed by atoms with E-state index >= 15 is 0 Å². The van der Waals surface area contributed by atoms with E-state index in [4.69, 9.17) is 4.98 Å². The van der Waals surface area contributed by atoms with Crippen LogP contribution in [0.2, 0.25) is 0 Å². The lowest BCUT2D eigenvalue weighted by atomic mass is 9.81. The number of aromatic nitrogens is 2. The van der Waals surface area contributed by atoms with Crippen molar-refractivity contribution in [3.05, 3.63) is 235 Å². The maximum atomic E-state index is 13.7. The number of hydrogen-bond donors (Lipinski definition) is 0. The largest absolute Gasteiger partial charge is 0.416 e. The second-order valence-electron chi connectivity index (χ2n) is 18.6. The van der Waals surface area contributed by atoms with E-state index in [0.29, 0.717) is 5.56 Å². The molecule has 69 heavy (non-hydrogen) atoms. The summed E-state index contributed by atoms with van der Waals surface area (Å²) in [6.45, 7) is 10.8. The summed E-state index contributed by atoms with van der Waals surface area (Å²) >= 11 is 0. The van der Waals surface area contributed by atoms with Crippen LogP contribution in [-0.4, -0.2) is 9.55 Å². The van der Waals surface area contributed by atoms with Crippen molar-refractivity contribution >= 4 is 59.7 Å². The molecule has 0 saturated carbocycles. The van der Waals surface area contributed by atoms with Crippen LogP contribution < -0.4 is 0 Å². The van der Waals surface area contributed by atoms with Gasteiger partial charge in [-0.05, 0) is 144 Å². The van der Waals surface area contributed by atoms with Gasteiger partial charge >= 0.3 is 6.18 Å². The molecule has 0 N–H and O–H groups in total. The molecule has 11 aromatic rings. The van der Waals surface area contributed by atoms with Gasteiger partial charge in [0.05, 0.1) is 33.7 Å². The van der Waals surface area contributed by atoms with Crippen molar-refractivity contribution in [2.45, 2.75) is 32.4 Å². The Bertz CT molecular complexity index is 3910. The van der Waals surface area contributed by atoms with Crippen LogP contribution in [0.3, 0.4) is 0 Å². The highest BCUT2D eigenvalue weighted by Crippen LogP contribution is 2.49. The molecule has 2 nitrogen and oxygen atoms in total. The third-order valence-corrected chi connectivity index (χ3v) is 14.3. The highest BCUT2D eigenvalue weighted by atomic mass is 19.4. The van der Waals surface area contributed by atoms with E-state index in [1.54, 1.807) is 12.1 Å². The van der Waals surface area contributed by atoms with Crippen molar-refractivity contribution in [1.82, 2.24) is 9.55 Å². The molecule has 0 fully saturated rings.